The molecule has 0 fully saturated rings. The summed E-state index contributed by atoms with van der Waals surface area (Å²) in [7, 11) is 0. The van der Waals surface area contributed by atoms with E-state index < -0.39 is 0 Å². The van der Waals surface area contributed by atoms with Crippen molar-refractivity contribution in [2.75, 3.05) is 0 Å². The van der Waals surface area contributed by atoms with E-state index in [0.717, 1.165) is 50.1 Å². The predicted molar refractivity (Wildman–Crippen MR) is 394 cm³/mol. The molecule has 0 saturated heterocycles. The largest absolute Gasteiger partial charge is 0.392 e. The zero-order valence-electron chi connectivity index (χ0n) is 58.7. The van der Waals surface area contributed by atoms with Crippen LogP contribution in [0.4, 0.5) is 0 Å². The molecule has 0 heterocycles. The van der Waals surface area contributed by atoms with Gasteiger partial charge in [0.1, 0.15) is 0 Å². The summed E-state index contributed by atoms with van der Waals surface area (Å²) in [5.41, 5.74) is 25.3. The Balaban J connectivity index is 1.31. The fourth-order valence-corrected chi connectivity index (χ4v) is 10.6. The van der Waals surface area contributed by atoms with Gasteiger partial charge in [-0.3, -0.25) is 0 Å². The van der Waals surface area contributed by atoms with E-state index in [4.69, 9.17) is 0 Å². The number of aliphatic hydroxyl groups is 1. The maximum absolute atomic E-state index is 10.7. The van der Waals surface area contributed by atoms with Crippen molar-refractivity contribution in [1.82, 2.24) is 0 Å². The van der Waals surface area contributed by atoms with E-state index in [1.807, 2.05) is 0 Å². The number of hydrogen-bond donors (Lipinski definition) is 1. The van der Waals surface area contributed by atoms with Crippen LogP contribution in [-0.2, 0) is 49.9 Å². The van der Waals surface area contributed by atoms with Crippen molar-refractivity contribution < 1.29 is 5.11 Å². The van der Waals surface area contributed by atoms with Crippen LogP contribution in [0.15, 0.2) is 127 Å². The highest BCUT2D eigenvalue weighted by Gasteiger charge is 2.24. The highest BCUT2D eigenvalue weighted by Crippen LogP contribution is 2.36. The Kier molecular flexibility index (Phi) is 20.4. The van der Waals surface area contributed by atoms with Gasteiger partial charge >= 0.3 is 0 Å². The first kappa shape index (κ1) is 68.4. The van der Waals surface area contributed by atoms with Gasteiger partial charge in [-0.2, -0.15) is 0 Å². The smallest absolute Gasteiger partial charge is 0.0682 e. The van der Waals surface area contributed by atoms with Crippen LogP contribution in [0.25, 0.3) is 72.9 Å². The normalized spacial score (nSPS) is 13.7. The molecule has 462 valence electrons. The summed E-state index contributed by atoms with van der Waals surface area (Å²) in [5, 5.41) is 10.7. The topological polar surface area (TPSA) is 20.2 Å². The summed E-state index contributed by atoms with van der Waals surface area (Å²) in [6.07, 6.45) is 27.0. The SMILES string of the molecule is CC(C)(C)c1cc(C=Cc2cc(C=Cc3cc(C=Cc4cc(C=Cc5cc(C(C)(C)C)cc(C(C)(C)C)c5)cc(C=Cc5cc(C(C)(C)C)cc(C(C)(C)C)c5)c4)cc(CO)c3)cc(C=Cc3cc(C(C)(C)C)cc(C(C)(C)C)c3)c2)cc(C(C)(C)C)c1. The highest BCUT2D eigenvalue weighted by atomic mass is 16.3. The van der Waals surface area contributed by atoms with Gasteiger partial charge in [0.25, 0.3) is 0 Å². The van der Waals surface area contributed by atoms with Crippen molar-refractivity contribution in [3.05, 3.63) is 244 Å². The van der Waals surface area contributed by atoms with Gasteiger partial charge in [0, 0.05) is 0 Å². The fraction of sp³-hybridized carbons (Fsp3) is 0.379. The van der Waals surface area contributed by atoms with Crippen molar-refractivity contribution in [3.63, 3.8) is 0 Å². The third kappa shape index (κ3) is 19.5. The molecular weight excluding hydrogens is 1060 g/mol. The lowest BCUT2D eigenvalue weighted by Gasteiger charge is -2.25. The maximum atomic E-state index is 10.7. The van der Waals surface area contributed by atoms with Crippen molar-refractivity contribution in [2.45, 2.75) is 216 Å². The molecule has 0 aliphatic heterocycles. The van der Waals surface area contributed by atoms with Crippen LogP contribution >= 0.6 is 0 Å². The molecule has 0 saturated carbocycles. The Hall–Kier alpha value is -7.06. The van der Waals surface area contributed by atoms with E-state index >= 15 is 0 Å². The van der Waals surface area contributed by atoms with Crippen LogP contribution in [0.1, 0.15) is 283 Å². The van der Waals surface area contributed by atoms with E-state index in [9.17, 15) is 5.11 Å². The number of rotatable bonds is 13. The molecule has 7 rings (SSSR count). The number of aliphatic hydroxyl groups excluding tert-OH is 1. The Morgan fingerprint density at radius 2 is 0.295 bits per heavy atom. The van der Waals surface area contributed by atoms with Gasteiger partial charge < -0.3 is 5.11 Å². The van der Waals surface area contributed by atoms with E-state index in [-0.39, 0.29) is 49.9 Å². The molecule has 0 unspecified atom stereocenters. The van der Waals surface area contributed by atoms with Crippen molar-refractivity contribution >= 4 is 72.9 Å². The van der Waals surface area contributed by atoms with Gasteiger partial charge in [0.2, 0.25) is 0 Å². The quantitative estimate of drug-likeness (QED) is 0.114. The first-order chi connectivity index (χ1) is 40.5. The first-order valence-corrected chi connectivity index (χ1v) is 32.3. The van der Waals surface area contributed by atoms with E-state index in [2.05, 4.69) is 366 Å². The van der Waals surface area contributed by atoms with Crippen molar-refractivity contribution in [2.24, 2.45) is 0 Å². The maximum Gasteiger partial charge on any atom is 0.0682 e. The first-order valence-electron chi connectivity index (χ1n) is 32.3. The van der Waals surface area contributed by atoms with E-state index in [1.54, 1.807) is 0 Å². The molecule has 0 radical (unpaired) electrons. The minimum atomic E-state index is -0.0612. The molecule has 1 heteroatoms. The van der Waals surface area contributed by atoms with Crippen LogP contribution in [0.2, 0.25) is 0 Å². The summed E-state index contributed by atoms with van der Waals surface area (Å²) < 4.78 is 0. The third-order valence-corrected chi connectivity index (χ3v) is 16.8. The lowest BCUT2D eigenvalue weighted by Crippen LogP contribution is -2.16. The number of hydrogen-bond acceptors (Lipinski definition) is 1. The van der Waals surface area contributed by atoms with Crippen LogP contribution in [-0.4, -0.2) is 5.11 Å². The Labute approximate surface area is 535 Å². The lowest BCUT2D eigenvalue weighted by molar-refractivity contribution is 0.282. The second-order valence-electron chi connectivity index (χ2n) is 33.4. The molecule has 0 aliphatic rings. The summed E-state index contributed by atoms with van der Waals surface area (Å²) in [4.78, 5) is 0. The Morgan fingerprint density at radius 1 is 0.182 bits per heavy atom. The second kappa shape index (κ2) is 26.2. The van der Waals surface area contributed by atoms with E-state index in [1.165, 1.54) is 66.8 Å². The highest BCUT2D eigenvalue weighted by molar-refractivity contribution is 5.82. The van der Waals surface area contributed by atoms with E-state index in [0.29, 0.717) is 0 Å². The van der Waals surface area contributed by atoms with Crippen LogP contribution in [0.5, 0.6) is 0 Å². The molecule has 0 bridgehead atoms. The van der Waals surface area contributed by atoms with Gasteiger partial charge in [0.15, 0.2) is 0 Å². The van der Waals surface area contributed by atoms with Crippen LogP contribution in [0, 0.1) is 0 Å². The van der Waals surface area contributed by atoms with Crippen LogP contribution in [0.3, 0.4) is 0 Å². The molecule has 0 amide bonds. The minimum Gasteiger partial charge on any atom is -0.392 e. The molecule has 88 heavy (non-hydrogen) atoms. The van der Waals surface area contributed by atoms with Gasteiger partial charge in [0.05, 0.1) is 6.61 Å². The van der Waals surface area contributed by atoms with Gasteiger partial charge in [-0.05, 0) is 215 Å². The van der Waals surface area contributed by atoms with Crippen molar-refractivity contribution in [3.8, 4) is 0 Å². The summed E-state index contributed by atoms with van der Waals surface area (Å²) in [6, 6.07) is 48.4. The number of benzene rings is 7. The average Bonchev–Trinajstić information content (AvgIpc) is 3.32. The second-order valence-corrected chi connectivity index (χ2v) is 33.4. The lowest BCUT2D eigenvalue weighted by atomic mass is 9.79. The van der Waals surface area contributed by atoms with Gasteiger partial charge in [-0.25, -0.2) is 0 Å². The minimum absolute atomic E-state index is 0.0185. The predicted octanol–water partition coefficient (Wildman–Crippen LogP) is 24.6. The fourth-order valence-electron chi connectivity index (χ4n) is 10.6. The van der Waals surface area contributed by atoms with Gasteiger partial charge in [-0.15, -0.1) is 0 Å². The molecular formula is C87H108O. The zero-order valence-corrected chi connectivity index (χ0v) is 58.7. The van der Waals surface area contributed by atoms with Crippen molar-refractivity contribution in [1.29, 1.82) is 0 Å². The molecule has 7 aromatic rings. The van der Waals surface area contributed by atoms with Gasteiger partial charge in [-0.1, -0.05) is 312 Å². The summed E-state index contributed by atoms with van der Waals surface area (Å²) in [6.45, 7) is 55.1. The molecule has 1 nitrogen and oxygen atoms in total. The molecule has 0 atom stereocenters. The average molecular weight is 1170 g/mol. The zero-order chi connectivity index (χ0) is 65.2. The summed E-state index contributed by atoms with van der Waals surface area (Å²) >= 11 is 0. The Bertz CT molecular complexity index is 3220. The molecule has 0 aliphatic carbocycles. The standard InChI is InChI=1S/C87H108O/c1-80(2,3)72-46-67(47-73(54-72)81(4,5)6)33-29-61-37-59(38-62(41-61)30-34-68-48-74(82(7,8)9)55-75(49-68)83(10,11)12)25-27-65-43-66(45-71(44-65)58-88)28-26-60-39-63(31-35-69-50-76(84(13,14)15)56-77(51-69)85(16,17)18)42-64(40-60)32-36-70-52-78(86(19,20)21)57-79(53-70)87(22,23)24/h25-57,88H,58H2,1-24H3. The Morgan fingerprint density at radius 3 is 0.409 bits per heavy atom. The molecule has 0 aromatic heterocycles. The summed E-state index contributed by atoms with van der Waals surface area (Å²) in [5.74, 6) is 0. The molecule has 7 aromatic carbocycles. The third-order valence-electron chi connectivity index (χ3n) is 16.8. The van der Waals surface area contributed by atoms with Crippen LogP contribution < -0.4 is 0 Å². The molecule has 0 spiro atoms. The molecule has 1 N–H and O–H groups in total. The monoisotopic (exact) mass is 1170 g/mol.